The van der Waals surface area contributed by atoms with Crippen LogP contribution >= 0.6 is 15.9 Å². The van der Waals surface area contributed by atoms with Gasteiger partial charge in [-0.3, -0.25) is 0 Å². The number of halogens is 1. The lowest BCUT2D eigenvalue weighted by molar-refractivity contribution is 0.107. The van der Waals surface area contributed by atoms with Gasteiger partial charge in [-0.2, -0.15) is 0 Å². The molecule has 7 heteroatoms. The summed E-state index contributed by atoms with van der Waals surface area (Å²) in [5.74, 6) is 2.08. The summed E-state index contributed by atoms with van der Waals surface area (Å²) in [5, 5.41) is 3.94. The summed E-state index contributed by atoms with van der Waals surface area (Å²) in [5.41, 5.74) is 6.71. The molecule has 0 atom stereocenters. The quantitative estimate of drug-likeness (QED) is 0.322. The molecule has 138 valence electrons. The van der Waals surface area contributed by atoms with E-state index in [4.69, 9.17) is 15.3 Å². The van der Waals surface area contributed by atoms with Crippen molar-refractivity contribution in [3.8, 4) is 5.75 Å². The summed E-state index contributed by atoms with van der Waals surface area (Å²) >= 11 is 3.40. The molecule has 0 aliphatic carbocycles. The van der Waals surface area contributed by atoms with Crippen molar-refractivity contribution in [1.29, 1.82) is 0 Å². The Hall–Kier alpha value is -2.28. The molecule has 1 aliphatic heterocycles. The van der Waals surface area contributed by atoms with Crippen LogP contribution in [0.15, 0.2) is 52.2 Å². The molecule has 6 nitrogen and oxygen atoms in total. The fourth-order valence-electron chi connectivity index (χ4n) is 2.77. The Kier molecular flexibility index (Phi) is 6.71. The van der Waals surface area contributed by atoms with Crippen LogP contribution in [-0.4, -0.2) is 37.1 Å². The zero-order chi connectivity index (χ0) is 18.2. The van der Waals surface area contributed by atoms with Crippen molar-refractivity contribution >= 4 is 27.6 Å². The van der Waals surface area contributed by atoms with Crippen LogP contribution in [0.5, 0.6) is 5.75 Å². The number of anilines is 1. The fraction of sp³-hybridized carbons (Fsp3) is 0.368. The minimum absolute atomic E-state index is 0.310. The number of ether oxygens (including phenoxy) is 1. The topological polar surface area (TPSA) is 73.0 Å². The van der Waals surface area contributed by atoms with Crippen LogP contribution in [0.2, 0.25) is 0 Å². The van der Waals surface area contributed by atoms with Crippen LogP contribution in [0.4, 0.5) is 5.82 Å². The summed E-state index contributed by atoms with van der Waals surface area (Å²) in [4.78, 5) is 12.0. The summed E-state index contributed by atoms with van der Waals surface area (Å²) in [6.07, 6.45) is 5.49. The zero-order valence-electron chi connectivity index (χ0n) is 14.6. The fourth-order valence-corrected chi connectivity index (χ4v) is 3.15. The van der Waals surface area contributed by atoms with Crippen LogP contribution in [0.25, 0.3) is 0 Å². The molecule has 0 amide bonds. The molecule has 2 N–H and O–H groups in total. The van der Waals surface area contributed by atoms with Gasteiger partial charge in [0, 0.05) is 29.3 Å². The van der Waals surface area contributed by atoms with E-state index in [0.29, 0.717) is 19.0 Å². The number of rotatable bonds is 7. The van der Waals surface area contributed by atoms with E-state index in [-0.39, 0.29) is 0 Å². The van der Waals surface area contributed by atoms with Gasteiger partial charge >= 0.3 is 0 Å². The van der Waals surface area contributed by atoms with Gasteiger partial charge in [0.2, 0.25) is 0 Å². The molecule has 0 bridgehead atoms. The van der Waals surface area contributed by atoms with E-state index in [2.05, 4.69) is 31.0 Å². The SMILES string of the molecule is N/C(=N/OCCOc1cccc(Br)c1)c1ccc(N2CCCCC2)nc1. The monoisotopic (exact) mass is 418 g/mol. The molecular formula is C19H23BrN4O2. The average Bonchev–Trinajstić information content (AvgIpc) is 2.68. The van der Waals surface area contributed by atoms with E-state index in [1.807, 2.05) is 36.4 Å². The number of oxime groups is 1. The molecule has 0 spiro atoms. The minimum atomic E-state index is 0.310. The first kappa shape index (κ1) is 18.5. The molecule has 1 fully saturated rings. The summed E-state index contributed by atoms with van der Waals surface area (Å²) in [7, 11) is 0. The molecule has 1 aliphatic rings. The van der Waals surface area contributed by atoms with Gasteiger partial charge in [0.15, 0.2) is 12.4 Å². The van der Waals surface area contributed by atoms with Crippen molar-refractivity contribution in [1.82, 2.24) is 4.98 Å². The van der Waals surface area contributed by atoms with Gasteiger partial charge in [-0.05, 0) is 49.6 Å². The number of nitrogens with two attached hydrogens (primary N) is 1. The Morgan fingerprint density at radius 3 is 2.73 bits per heavy atom. The first-order valence-corrected chi connectivity index (χ1v) is 9.57. The lowest BCUT2D eigenvalue weighted by atomic mass is 10.1. The molecule has 3 rings (SSSR count). The maximum atomic E-state index is 5.96. The lowest BCUT2D eigenvalue weighted by Crippen LogP contribution is -2.30. The maximum Gasteiger partial charge on any atom is 0.171 e. The number of pyridine rings is 1. The highest BCUT2D eigenvalue weighted by Crippen LogP contribution is 2.18. The maximum absolute atomic E-state index is 5.96. The second-order valence-corrected chi connectivity index (χ2v) is 6.98. The van der Waals surface area contributed by atoms with Crippen molar-refractivity contribution in [3.63, 3.8) is 0 Å². The number of aromatic nitrogens is 1. The van der Waals surface area contributed by atoms with Crippen LogP contribution in [-0.2, 0) is 4.84 Å². The van der Waals surface area contributed by atoms with Gasteiger partial charge in [0.05, 0.1) is 0 Å². The van der Waals surface area contributed by atoms with Gasteiger partial charge in [-0.1, -0.05) is 27.2 Å². The predicted molar refractivity (Wildman–Crippen MR) is 107 cm³/mol. The number of hydrogen-bond acceptors (Lipinski definition) is 5. The zero-order valence-corrected chi connectivity index (χ0v) is 16.2. The highest BCUT2D eigenvalue weighted by Gasteiger charge is 2.12. The number of benzene rings is 1. The molecule has 0 radical (unpaired) electrons. The van der Waals surface area contributed by atoms with Crippen LogP contribution in [0, 0.1) is 0 Å². The lowest BCUT2D eigenvalue weighted by Gasteiger charge is -2.27. The largest absolute Gasteiger partial charge is 0.490 e. The number of hydrogen-bond donors (Lipinski definition) is 1. The van der Waals surface area contributed by atoms with Gasteiger partial charge in [-0.25, -0.2) is 4.98 Å². The van der Waals surface area contributed by atoms with Gasteiger partial charge in [0.25, 0.3) is 0 Å². The predicted octanol–water partition coefficient (Wildman–Crippen LogP) is 3.55. The Morgan fingerprint density at radius 2 is 2.00 bits per heavy atom. The van der Waals surface area contributed by atoms with Crippen molar-refractivity contribution < 1.29 is 9.57 Å². The molecule has 2 aromatic rings. The van der Waals surface area contributed by atoms with E-state index in [9.17, 15) is 0 Å². The van der Waals surface area contributed by atoms with E-state index in [1.54, 1.807) is 6.20 Å². The Balaban J connectivity index is 1.45. The second-order valence-electron chi connectivity index (χ2n) is 6.07. The summed E-state index contributed by atoms with van der Waals surface area (Å²) in [6.45, 7) is 2.83. The van der Waals surface area contributed by atoms with Gasteiger partial charge in [0.1, 0.15) is 18.2 Å². The first-order chi connectivity index (χ1) is 12.7. The average molecular weight is 419 g/mol. The van der Waals surface area contributed by atoms with Crippen LogP contribution < -0.4 is 15.4 Å². The molecule has 0 saturated carbocycles. The third kappa shape index (κ3) is 5.36. The standard InChI is InChI=1S/C19H23BrN4O2/c20-16-5-4-6-17(13-16)25-11-12-26-23-19(21)15-7-8-18(22-14-15)24-9-2-1-3-10-24/h4-8,13-14H,1-3,9-12H2,(H2,21,23). The van der Waals surface area contributed by atoms with Crippen LogP contribution in [0.1, 0.15) is 24.8 Å². The van der Waals surface area contributed by atoms with Crippen molar-refractivity contribution in [2.24, 2.45) is 10.9 Å². The van der Waals surface area contributed by atoms with Crippen LogP contribution in [0.3, 0.4) is 0 Å². The van der Waals surface area contributed by atoms with Crippen molar-refractivity contribution in [2.75, 3.05) is 31.2 Å². The summed E-state index contributed by atoms with van der Waals surface area (Å²) in [6, 6.07) is 11.6. The molecule has 2 heterocycles. The Bertz CT molecular complexity index is 731. The smallest absolute Gasteiger partial charge is 0.171 e. The number of piperidine rings is 1. The Morgan fingerprint density at radius 1 is 1.15 bits per heavy atom. The van der Waals surface area contributed by atoms with E-state index < -0.39 is 0 Å². The molecule has 26 heavy (non-hydrogen) atoms. The second kappa shape index (κ2) is 9.43. The van der Waals surface area contributed by atoms with E-state index in [0.717, 1.165) is 34.7 Å². The number of amidine groups is 1. The van der Waals surface area contributed by atoms with E-state index in [1.165, 1.54) is 19.3 Å². The highest BCUT2D eigenvalue weighted by molar-refractivity contribution is 9.10. The van der Waals surface area contributed by atoms with Gasteiger partial charge in [-0.15, -0.1) is 0 Å². The first-order valence-electron chi connectivity index (χ1n) is 8.77. The van der Waals surface area contributed by atoms with Crippen molar-refractivity contribution in [3.05, 3.63) is 52.6 Å². The molecule has 1 saturated heterocycles. The normalized spacial score (nSPS) is 15.0. The number of nitrogens with zero attached hydrogens (tertiary/aromatic N) is 3. The summed E-state index contributed by atoms with van der Waals surface area (Å²) < 4.78 is 6.55. The molecule has 1 aromatic carbocycles. The van der Waals surface area contributed by atoms with Crippen molar-refractivity contribution in [2.45, 2.75) is 19.3 Å². The third-order valence-corrected chi connectivity index (χ3v) is 4.62. The van der Waals surface area contributed by atoms with Gasteiger partial charge < -0.3 is 20.2 Å². The van der Waals surface area contributed by atoms with E-state index >= 15 is 0 Å². The molecular weight excluding hydrogens is 396 g/mol. The minimum Gasteiger partial charge on any atom is -0.490 e. The molecule has 1 aromatic heterocycles. The highest BCUT2D eigenvalue weighted by atomic mass is 79.9. The Labute approximate surface area is 162 Å². The molecule has 0 unspecified atom stereocenters. The third-order valence-electron chi connectivity index (χ3n) is 4.13.